The van der Waals surface area contributed by atoms with Crippen LogP contribution in [0, 0.1) is 5.82 Å². The van der Waals surface area contributed by atoms with Gasteiger partial charge in [-0.25, -0.2) is 4.39 Å². The SMILES string of the molecule is O=Cc1cc(-c2cc(-c3ccc(N4CCCC4)cc3)no2)cc(F)c1O. The van der Waals surface area contributed by atoms with E-state index in [1.165, 1.54) is 24.6 Å². The average Bonchev–Trinajstić information content (AvgIpc) is 3.36. The van der Waals surface area contributed by atoms with E-state index in [-0.39, 0.29) is 5.56 Å². The van der Waals surface area contributed by atoms with Crippen molar-refractivity contribution < 1.29 is 18.8 Å². The first kappa shape index (κ1) is 16.3. The molecule has 0 aliphatic carbocycles. The summed E-state index contributed by atoms with van der Waals surface area (Å²) in [5, 5.41) is 13.5. The van der Waals surface area contributed by atoms with Crippen LogP contribution < -0.4 is 4.90 Å². The fraction of sp³-hybridized carbons (Fsp3) is 0.200. The molecule has 1 aromatic heterocycles. The normalized spacial score (nSPS) is 14.0. The van der Waals surface area contributed by atoms with Gasteiger partial charge in [-0.1, -0.05) is 17.3 Å². The maximum Gasteiger partial charge on any atom is 0.167 e. The Kier molecular flexibility index (Phi) is 4.16. The van der Waals surface area contributed by atoms with Crippen molar-refractivity contribution in [2.45, 2.75) is 12.8 Å². The molecule has 5 nitrogen and oxygen atoms in total. The van der Waals surface area contributed by atoms with Gasteiger partial charge in [-0.3, -0.25) is 4.79 Å². The largest absolute Gasteiger partial charge is 0.504 e. The summed E-state index contributed by atoms with van der Waals surface area (Å²) in [6.45, 7) is 2.16. The number of anilines is 1. The summed E-state index contributed by atoms with van der Waals surface area (Å²) in [6.07, 6.45) is 2.84. The van der Waals surface area contributed by atoms with Crippen LogP contribution in [0.2, 0.25) is 0 Å². The van der Waals surface area contributed by atoms with Gasteiger partial charge in [0.05, 0.1) is 5.56 Å². The lowest BCUT2D eigenvalue weighted by molar-refractivity contribution is 0.112. The van der Waals surface area contributed by atoms with E-state index in [1.54, 1.807) is 6.07 Å². The van der Waals surface area contributed by atoms with Gasteiger partial charge in [0.25, 0.3) is 0 Å². The fourth-order valence-electron chi connectivity index (χ4n) is 3.22. The van der Waals surface area contributed by atoms with E-state index < -0.39 is 11.6 Å². The van der Waals surface area contributed by atoms with Crippen LogP contribution in [0.3, 0.4) is 0 Å². The number of carbonyl (C=O) groups excluding carboxylic acids is 1. The molecule has 0 atom stereocenters. The van der Waals surface area contributed by atoms with Crippen molar-refractivity contribution in [1.82, 2.24) is 5.16 Å². The molecule has 0 amide bonds. The molecule has 0 spiro atoms. The van der Waals surface area contributed by atoms with Crippen molar-refractivity contribution in [1.29, 1.82) is 0 Å². The molecule has 3 aromatic rings. The second-order valence-electron chi connectivity index (χ2n) is 6.33. The van der Waals surface area contributed by atoms with Crippen molar-refractivity contribution in [3.63, 3.8) is 0 Å². The van der Waals surface area contributed by atoms with Gasteiger partial charge in [0.1, 0.15) is 5.69 Å². The molecule has 4 rings (SSSR count). The average molecular weight is 352 g/mol. The molecule has 1 aliphatic heterocycles. The first-order valence-corrected chi connectivity index (χ1v) is 8.46. The van der Waals surface area contributed by atoms with Crippen LogP contribution in [-0.2, 0) is 0 Å². The maximum absolute atomic E-state index is 13.8. The quantitative estimate of drug-likeness (QED) is 0.711. The van der Waals surface area contributed by atoms with E-state index >= 15 is 0 Å². The molecular weight excluding hydrogens is 335 g/mol. The summed E-state index contributed by atoms with van der Waals surface area (Å²) in [4.78, 5) is 13.3. The molecule has 0 bridgehead atoms. The van der Waals surface area contributed by atoms with Crippen LogP contribution in [0.5, 0.6) is 5.75 Å². The lowest BCUT2D eigenvalue weighted by atomic mass is 10.1. The zero-order valence-electron chi connectivity index (χ0n) is 14.0. The van der Waals surface area contributed by atoms with Crippen molar-refractivity contribution in [2.24, 2.45) is 0 Å². The molecule has 0 unspecified atom stereocenters. The van der Waals surface area contributed by atoms with Crippen LogP contribution in [0.4, 0.5) is 10.1 Å². The monoisotopic (exact) mass is 352 g/mol. The highest BCUT2D eigenvalue weighted by molar-refractivity contribution is 5.82. The Balaban J connectivity index is 1.62. The molecule has 6 heteroatoms. The predicted octanol–water partition coefficient (Wildman–Crippen LogP) is 4.27. The Hall–Kier alpha value is -3.15. The highest BCUT2D eigenvalue weighted by Gasteiger charge is 2.16. The number of hydrogen-bond donors (Lipinski definition) is 1. The molecule has 0 radical (unpaired) electrons. The Bertz CT molecular complexity index is 944. The van der Waals surface area contributed by atoms with E-state index in [0.717, 1.165) is 24.7 Å². The Morgan fingerprint density at radius 2 is 1.81 bits per heavy atom. The minimum atomic E-state index is -0.877. The van der Waals surface area contributed by atoms with E-state index in [9.17, 15) is 14.3 Å². The van der Waals surface area contributed by atoms with Gasteiger partial charge in [-0.15, -0.1) is 0 Å². The molecule has 2 heterocycles. The summed E-state index contributed by atoms with van der Waals surface area (Å²) in [5.74, 6) is -1.22. The maximum atomic E-state index is 13.8. The zero-order valence-corrected chi connectivity index (χ0v) is 14.0. The van der Waals surface area contributed by atoms with Gasteiger partial charge < -0.3 is 14.5 Å². The molecule has 2 aromatic carbocycles. The summed E-state index contributed by atoms with van der Waals surface area (Å²) in [6, 6.07) is 12.2. The van der Waals surface area contributed by atoms with Gasteiger partial charge in [0, 0.05) is 36.0 Å². The number of phenols is 1. The first-order chi connectivity index (χ1) is 12.7. The highest BCUT2D eigenvalue weighted by atomic mass is 19.1. The number of nitrogens with zero attached hydrogens (tertiary/aromatic N) is 2. The third kappa shape index (κ3) is 2.94. The molecule has 1 aliphatic rings. The predicted molar refractivity (Wildman–Crippen MR) is 95.8 cm³/mol. The smallest absolute Gasteiger partial charge is 0.167 e. The number of phenolic OH excluding ortho intramolecular Hbond substituents is 1. The van der Waals surface area contributed by atoms with Gasteiger partial charge in [-0.2, -0.15) is 0 Å². The Morgan fingerprint density at radius 1 is 1.08 bits per heavy atom. The van der Waals surface area contributed by atoms with Gasteiger partial charge in [0.15, 0.2) is 23.6 Å². The summed E-state index contributed by atoms with van der Waals surface area (Å²) < 4.78 is 19.1. The lowest BCUT2D eigenvalue weighted by Gasteiger charge is -2.17. The number of aromatic hydroxyl groups is 1. The number of aldehydes is 1. The van der Waals surface area contributed by atoms with Crippen LogP contribution in [0.1, 0.15) is 23.2 Å². The Morgan fingerprint density at radius 3 is 2.50 bits per heavy atom. The summed E-state index contributed by atoms with van der Waals surface area (Å²) in [7, 11) is 0. The lowest BCUT2D eigenvalue weighted by Crippen LogP contribution is -2.17. The highest BCUT2D eigenvalue weighted by Crippen LogP contribution is 2.31. The van der Waals surface area contributed by atoms with Crippen molar-refractivity contribution in [3.05, 3.63) is 53.8 Å². The number of halogens is 1. The summed E-state index contributed by atoms with van der Waals surface area (Å²) >= 11 is 0. The third-order valence-corrected chi connectivity index (χ3v) is 4.65. The van der Waals surface area contributed by atoms with E-state index in [4.69, 9.17) is 4.52 Å². The molecule has 132 valence electrons. The summed E-state index contributed by atoms with van der Waals surface area (Å²) in [5.41, 5.74) is 2.90. The van der Waals surface area contributed by atoms with Gasteiger partial charge in [0.2, 0.25) is 0 Å². The zero-order chi connectivity index (χ0) is 18.1. The molecule has 0 saturated carbocycles. The van der Waals surface area contributed by atoms with Crippen LogP contribution in [0.25, 0.3) is 22.6 Å². The van der Waals surface area contributed by atoms with Crippen LogP contribution in [-0.4, -0.2) is 29.6 Å². The first-order valence-electron chi connectivity index (χ1n) is 8.46. The third-order valence-electron chi connectivity index (χ3n) is 4.65. The minimum absolute atomic E-state index is 0.132. The second-order valence-corrected chi connectivity index (χ2v) is 6.33. The van der Waals surface area contributed by atoms with E-state index in [2.05, 4.69) is 22.2 Å². The number of hydrogen-bond acceptors (Lipinski definition) is 5. The second kappa shape index (κ2) is 6.63. The van der Waals surface area contributed by atoms with Crippen molar-refractivity contribution in [2.75, 3.05) is 18.0 Å². The number of carbonyl (C=O) groups is 1. The number of rotatable bonds is 4. The number of benzene rings is 2. The fourth-order valence-corrected chi connectivity index (χ4v) is 3.22. The van der Waals surface area contributed by atoms with Crippen LogP contribution in [0.15, 0.2) is 47.0 Å². The van der Waals surface area contributed by atoms with Gasteiger partial charge in [-0.05, 0) is 37.1 Å². The van der Waals surface area contributed by atoms with Crippen LogP contribution >= 0.6 is 0 Å². The molecule has 26 heavy (non-hydrogen) atoms. The number of aromatic nitrogens is 1. The van der Waals surface area contributed by atoms with E-state index in [1.807, 2.05) is 12.1 Å². The minimum Gasteiger partial charge on any atom is -0.504 e. The topological polar surface area (TPSA) is 66.6 Å². The standard InChI is InChI=1S/C20H17FN2O3/c21-17-10-14(9-15(12-24)20(17)25)19-11-18(22-26-19)13-3-5-16(6-4-13)23-7-1-2-8-23/h3-6,9-12,25H,1-2,7-8H2. The van der Waals surface area contributed by atoms with Gasteiger partial charge >= 0.3 is 0 Å². The Labute approximate surface area is 149 Å². The molecule has 1 N–H and O–H groups in total. The van der Waals surface area contributed by atoms with Crippen molar-refractivity contribution in [3.8, 4) is 28.3 Å². The molecule has 1 fully saturated rings. The van der Waals surface area contributed by atoms with Crippen molar-refractivity contribution >= 4 is 12.0 Å². The molecular formula is C20H17FN2O3. The molecule has 1 saturated heterocycles. The van der Waals surface area contributed by atoms with E-state index in [0.29, 0.717) is 23.3 Å².